The first-order valence-electron chi connectivity index (χ1n) is 15.5. The average Bonchev–Trinajstić information content (AvgIpc) is 3.10. The fraction of sp³-hybridized carbons (Fsp3) is 0.211. The van der Waals surface area contributed by atoms with Gasteiger partial charge in [-0.25, -0.2) is 13.1 Å². The van der Waals surface area contributed by atoms with Crippen LogP contribution in [0.4, 0.5) is 13.2 Å². The van der Waals surface area contributed by atoms with Crippen molar-refractivity contribution >= 4 is 10.0 Å². The Labute approximate surface area is 273 Å². The van der Waals surface area contributed by atoms with E-state index in [1.807, 2.05) is 48.5 Å². The number of sulfonamides is 1. The van der Waals surface area contributed by atoms with Crippen molar-refractivity contribution in [2.75, 3.05) is 19.6 Å². The molecule has 5 aromatic carbocycles. The van der Waals surface area contributed by atoms with Crippen LogP contribution in [0, 0.1) is 0 Å². The van der Waals surface area contributed by atoms with Crippen LogP contribution in [0.25, 0.3) is 0 Å². The van der Waals surface area contributed by atoms with Crippen LogP contribution in [0.15, 0.2) is 150 Å². The van der Waals surface area contributed by atoms with Crippen molar-refractivity contribution in [3.63, 3.8) is 0 Å². The molecule has 1 aliphatic rings. The zero-order chi connectivity index (χ0) is 33.0. The smallest absolute Gasteiger partial charge is 0.406 e. The standard InChI is InChI=1S/C38H35F3N2O3S/c39-38(40,41)46-34-21-23-35(24-22-34)47(44,45)42-29-36(30-13-5-1-6-14-30)25-27-43(28-26-36)37(31-15-7-2-8-16-31,32-17-9-3-10-18-32)33-19-11-4-12-20-33/h1-24,42H,25-29H2. The lowest BCUT2D eigenvalue weighted by Gasteiger charge is -2.51. The number of rotatable bonds is 10. The van der Waals surface area contributed by atoms with E-state index < -0.39 is 33.1 Å². The van der Waals surface area contributed by atoms with Crippen LogP contribution >= 0.6 is 0 Å². The number of halogens is 3. The minimum absolute atomic E-state index is 0.128. The van der Waals surface area contributed by atoms with Gasteiger partial charge in [-0.1, -0.05) is 121 Å². The molecule has 0 aliphatic carbocycles. The third-order valence-corrected chi connectivity index (χ3v) is 10.5. The van der Waals surface area contributed by atoms with Crippen LogP contribution in [-0.2, 0) is 21.0 Å². The molecule has 0 bridgehead atoms. The summed E-state index contributed by atoms with van der Waals surface area (Å²) in [6.45, 7) is 1.46. The molecule has 47 heavy (non-hydrogen) atoms. The molecular weight excluding hydrogens is 621 g/mol. The molecule has 1 N–H and O–H groups in total. The number of nitrogens with zero attached hydrogens (tertiary/aromatic N) is 1. The molecule has 0 radical (unpaired) electrons. The van der Waals surface area contributed by atoms with Gasteiger partial charge in [0.2, 0.25) is 10.0 Å². The van der Waals surface area contributed by atoms with Crippen molar-refractivity contribution in [1.29, 1.82) is 0 Å². The van der Waals surface area contributed by atoms with E-state index in [0.717, 1.165) is 46.5 Å². The first-order chi connectivity index (χ1) is 22.6. The Kier molecular flexibility index (Phi) is 9.23. The summed E-state index contributed by atoms with van der Waals surface area (Å²) in [5, 5.41) is 0. The summed E-state index contributed by atoms with van der Waals surface area (Å²) < 4.78 is 71.5. The minimum atomic E-state index is -4.87. The van der Waals surface area contributed by atoms with E-state index in [2.05, 4.69) is 87.2 Å². The SMILES string of the molecule is O=S(=O)(NCC1(c2ccccc2)CCN(C(c2ccccc2)(c2ccccc2)c2ccccc2)CC1)c1ccc(OC(F)(F)F)cc1. The predicted octanol–water partition coefficient (Wildman–Crippen LogP) is 7.89. The van der Waals surface area contributed by atoms with Crippen molar-refractivity contribution in [3.05, 3.63) is 168 Å². The topological polar surface area (TPSA) is 58.6 Å². The van der Waals surface area contributed by atoms with Gasteiger partial charge in [-0.15, -0.1) is 13.2 Å². The third-order valence-electron chi connectivity index (χ3n) is 9.12. The van der Waals surface area contributed by atoms with Crippen LogP contribution in [0.5, 0.6) is 5.75 Å². The minimum Gasteiger partial charge on any atom is -0.406 e. The van der Waals surface area contributed by atoms with Gasteiger partial charge in [0.15, 0.2) is 0 Å². The van der Waals surface area contributed by atoms with Crippen molar-refractivity contribution in [2.45, 2.75) is 35.1 Å². The quantitative estimate of drug-likeness (QED) is 0.155. The number of piperidine rings is 1. The lowest BCUT2D eigenvalue weighted by atomic mass is 9.69. The first-order valence-corrected chi connectivity index (χ1v) is 16.9. The van der Waals surface area contributed by atoms with Crippen LogP contribution in [0.3, 0.4) is 0 Å². The predicted molar refractivity (Wildman–Crippen MR) is 176 cm³/mol. The third kappa shape index (κ3) is 6.83. The Bertz CT molecular complexity index is 1750. The van der Waals surface area contributed by atoms with Crippen molar-refractivity contribution in [2.24, 2.45) is 0 Å². The fourth-order valence-electron chi connectivity index (χ4n) is 6.85. The molecule has 5 aromatic rings. The second-order valence-electron chi connectivity index (χ2n) is 11.8. The lowest BCUT2D eigenvalue weighted by molar-refractivity contribution is -0.274. The van der Waals surface area contributed by atoms with Gasteiger partial charge in [0.1, 0.15) is 5.75 Å². The van der Waals surface area contributed by atoms with E-state index in [4.69, 9.17) is 0 Å². The number of hydrogen-bond donors (Lipinski definition) is 1. The summed E-state index contributed by atoms with van der Waals surface area (Å²) in [7, 11) is -4.04. The molecule has 0 atom stereocenters. The number of likely N-dealkylation sites (tertiary alicyclic amines) is 1. The summed E-state index contributed by atoms with van der Waals surface area (Å²) in [6.07, 6.45) is -3.55. The normalized spacial score (nSPS) is 15.6. The average molecular weight is 657 g/mol. The first kappa shape index (κ1) is 32.5. The molecule has 242 valence electrons. The zero-order valence-electron chi connectivity index (χ0n) is 25.6. The maximum atomic E-state index is 13.4. The summed E-state index contributed by atoms with van der Waals surface area (Å²) >= 11 is 0. The number of benzene rings is 5. The largest absolute Gasteiger partial charge is 0.573 e. The highest BCUT2D eigenvalue weighted by molar-refractivity contribution is 7.89. The highest BCUT2D eigenvalue weighted by atomic mass is 32.2. The molecule has 5 nitrogen and oxygen atoms in total. The monoisotopic (exact) mass is 656 g/mol. The molecule has 1 heterocycles. The molecular formula is C38H35F3N2O3S. The molecule has 0 saturated carbocycles. The number of alkyl halides is 3. The van der Waals surface area contributed by atoms with Crippen molar-refractivity contribution in [1.82, 2.24) is 9.62 Å². The van der Waals surface area contributed by atoms with Crippen LogP contribution in [0.1, 0.15) is 35.1 Å². The zero-order valence-corrected chi connectivity index (χ0v) is 26.4. The van der Waals surface area contributed by atoms with E-state index >= 15 is 0 Å². The number of ether oxygens (including phenoxy) is 1. The van der Waals surface area contributed by atoms with Gasteiger partial charge in [0, 0.05) is 25.0 Å². The molecule has 6 rings (SSSR count). The van der Waals surface area contributed by atoms with Crippen LogP contribution in [0.2, 0.25) is 0 Å². The van der Waals surface area contributed by atoms with E-state index in [0.29, 0.717) is 25.9 Å². The van der Waals surface area contributed by atoms with Crippen LogP contribution < -0.4 is 9.46 Å². The summed E-state index contributed by atoms with van der Waals surface area (Å²) in [4.78, 5) is 2.37. The van der Waals surface area contributed by atoms with E-state index in [-0.39, 0.29) is 11.4 Å². The second kappa shape index (κ2) is 13.4. The maximum absolute atomic E-state index is 13.4. The van der Waals surface area contributed by atoms with Crippen molar-refractivity contribution in [3.8, 4) is 5.75 Å². The second-order valence-corrected chi connectivity index (χ2v) is 13.6. The molecule has 1 aliphatic heterocycles. The summed E-state index contributed by atoms with van der Waals surface area (Å²) in [6, 6.07) is 45.6. The van der Waals surface area contributed by atoms with Gasteiger partial charge in [0.05, 0.1) is 10.4 Å². The van der Waals surface area contributed by atoms with Gasteiger partial charge in [0.25, 0.3) is 0 Å². The highest BCUT2D eigenvalue weighted by Gasteiger charge is 2.47. The molecule has 1 saturated heterocycles. The molecule has 9 heteroatoms. The van der Waals surface area contributed by atoms with E-state index in [9.17, 15) is 21.6 Å². The Hall–Kier alpha value is -4.44. The Morgan fingerprint density at radius 3 is 1.49 bits per heavy atom. The fourth-order valence-corrected chi connectivity index (χ4v) is 7.98. The summed E-state index contributed by atoms with van der Waals surface area (Å²) in [5.41, 5.74) is 3.34. The van der Waals surface area contributed by atoms with Gasteiger partial charge < -0.3 is 4.74 Å². The summed E-state index contributed by atoms with van der Waals surface area (Å²) in [5.74, 6) is -0.483. The lowest BCUT2D eigenvalue weighted by Crippen LogP contribution is -2.56. The van der Waals surface area contributed by atoms with Gasteiger partial charge in [-0.05, 0) is 59.4 Å². The van der Waals surface area contributed by atoms with Gasteiger partial charge in [-0.2, -0.15) is 0 Å². The number of hydrogen-bond acceptors (Lipinski definition) is 4. The van der Waals surface area contributed by atoms with E-state index in [1.54, 1.807) is 0 Å². The van der Waals surface area contributed by atoms with Crippen molar-refractivity contribution < 1.29 is 26.3 Å². The maximum Gasteiger partial charge on any atom is 0.573 e. The van der Waals surface area contributed by atoms with Gasteiger partial charge >= 0.3 is 6.36 Å². The number of nitrogens with one attached hydrogen (secondary N) is 1. The molecule has 0 amide bonds. The Balaban J connectivity index is 1.33. The van der Waals surface area contributed by atoms with Crippen LogP contribution in [-0.4, -0.2) is 39.3 Å². The van der Waals surface area contributed by atoms with E-state index in [1.165, 1.54) is 0 Å². The molecule has 0 aromatic heterocycles. The highest BCUT2D eigenvalue weighted by Crippen LogP contribution is 2.46. The Morgan fingerprint density at radius 1 is 0.638 bits per heavy atom. The molecule has 0 unspecified atom stereocenters. The Morgan fingerprint density at radius 2 is 1.06 bits per heavy atom. The van der Waals surface area contributed by atoms with Gasteiger partial charge in [-0.3, -0.25) is 4.90 Å². The molecule has 1 fully saturated rings. The molecule has 0 spiro atoms.